The highest BCUT2D eigenvalue weighted by molar-refractivity contribution is 5.60. The molecule has 0 saturated heterocycles. The lowest BCUT2D eigenvalue weighted by atomic mass is 10.0. The number of nitrogens with one attached hydrogen (secondary N) is 1. The number of nitrogens with zero attached hydrogens (tertiary/aromatic N) is 6. The molecular formula is C20H21N7O. The summed E-state index contributed by atoms with van der Waals surface area (Å²) in [6.07, 6.45) is 5.33. The number of benzene rings is 1. The highest BCUT2D eigenvalue weighted by atomic mass is 16.5. The van der Waals surface area contributed by atoms with E-state index in [2.05, 4.69) is 39.1 Å². The molecule has 0 aliphatic carbocycles. The lowest BCUT2D eigenvalue weighted by Gasteiger charge is -2.18. The van der Waals surface area contributed by atoms with Crippen LogP contribution < -0.4 is 5.43 Å². The summed E-state index contributed by atoms with van der Waals surface area (Å²) in [5.74, 6) is 0.783. The monoisotopic (exact) mass is 375 g/mol. The van der Waals surface area contributed by atoms with E-state index in [4.69, 9.17) is 4.74 Å². The van der Waals surface area contributed by atoms with Crippen molar-refractivity contribution in [2.45, 2.75) is 32.7 Å². The van der Waals surface area contributed by atoms with Crippen molar-refractivity contribution in [2.24, 2.45) is 10.3 Å². The van der Waals surface area contributed by atoms with Crippen LogP contribution in [0.2, 0.25) is 0 Å². The number of aromatic nitrogens is 3. The molecule has 0 amide bonds. The molecule has 2 atom stereocenters. The first-order chi connectivity index (χ1) is 13.7. The van der Waals surface area contributed by atoms with E-state index in [1.807, 2.05) is 49.0 Å². The van der Waals surface area contributed by atoms with Crippen LogP contribution in [-0.2, 0) is 11.3 Å². The van der Waals surface area contributed by atoms with Gasteiger partial charge in [0.1, 0.15) is 24.2 Å². The molecule has 0 saturated carbocycles. The first kappa shape index (κ1) is 17.9. The Bertz CT molecular complexity index is 1030. The molecule has 2 unspecified atom stereocenters. The summed E-state index contributed by atoms with van der Waals surface area (Å²) in [5, 5.41) is 22.5. The Morgan fingerprint density at radius 1 is 1.29 bits per heavy atom. The number of ether oxygens (including phenoxy) is 1. The third-order valence-electron chi connectivity index (χ3n) is 4.75. The summed E-state index contributed by atoms with van der Waals surface area (Å²) in [7, 11) is 0. The van der Waals surface area contributed by atoms with Gasteiger partial charge in [-0.25, -0.2) is 10.1 Å². The normalized spacial score (nSPS) is 16.2. The molecule has 3 aromatic rings. The number of rotatable bonds is 6. The molecule has 2 aromatic heterocycles. The number of hydrogen-bond acceptors (Lipinski definition) is 6. The highest BCUT2D eigenvalue weighted by Crippen LogP contribution is 2.39. The molecule has 8 nitrogen and oxygen atoms in total. The zero-order valence-electron chi connectivity index (χ0n) is 15.8. The number of fused-ring (bicyclic) bond motifs is 1. The maximum Gasteiger partial charge on any atom is 0.147 e. The van der Waals surface area contributed by atoms with Crippen molar-refractivity contribution in [1.82, 2.24) is 14.3 Å². The van der Waals surface area contributed by atoms with E-state index in [0.717, 1.165) is 22.5 Å². The van der Waals surface area contributed by atoms with E-state index in [1.165, 1.54) is 0 Å². The van der Waals surface area contributed by atoms with Crippen molar-refractivity contribution in [3.63, 3.8) is 0 Å². The molecule has 0 spiro atoms. The second kappa shape index (κ2) is 7.66. The van der Waals surface area contributed by atoms with Gasteiger partial charge in [-0.05, 0) is 19.4 Å². The van der Waals surface area contributed by atoms with Crippen molar-refractivity contribution < 1.29 is 4.74 Å². The van der Waals surface area contributed by atoms with Crippen LogP contribution in [-0.4, -0.2) is 21.0 Å². The second-order valence-electron chi connectivity index (χ2n) is 6.57. The molecule has 1 aliphatic rings. The van der Waals surface area contributed by atoms with Gasteiger partial charge in [0, 0.05) is 36.7 Å². The average molecular weight is 375 g/mol. The fourth-order valence-electron chi connectivity index (χ4n) is 3.40. The summed E-state index contributed by atoms with van der Waals surface area (Å²) in [5.41, 5.74) is 6.38. The maximum atomic E-state index is 9.70. The van der Waals surface area contributed by atoms with Crippen molar-refractivity contribution in [1.29, 1.82) is 5.26 Å². The van der Waals surface area contributed by atoms with E-state index in [1.54, 1.807) is 10.9 Å². The predicted molar refractivity (Wildman–Crippen MR) is 104 cm³/mol. The quantitative estimate of drug-likeness (QED) is 0.704. The van der Waals surface area contributed by atoms with Crippen molar-refractivity contribution in [3.8, 4) is 6.07 Å². The van der Waals surface area contributed by atoms with Crippen LogP contribution in [0.15, 0.2) is 59.3 Å². The van der Waals surface area contributed by atoms with Gasteiger partial charge in [-0.1, -0.05) is 35.6 Å². The Kier molecular flexibility index (Phi) is 4.91. The zero-order chi connectivity index (χ0) is 19.5. The van der Waals surface area contributed by atoms with Crippen LogP contribution in [0.1, 0.15) is 48.4 Å². The van der Waals surface area contributed by atoms with Crippen LogP contribution in [0, 0.1) is 11.3 Å². The summed E-state index contributed by atoms with van der Waals surface area (Å²) in [6.45, 7) is 5.13. The summed E-state index contributed by atoms with van der Waals surface area (Å²) in [4.78, 5) is 0. The van der Waals surface area contributed by atoms with Crippen molar-refractivity contribution >= 4 is 5.82 Å². The third kappa shape index (κ3) is 3.28. The third-order valence-corrected chi connectivity index (χ3v) is 4.75. The van der Waals surface area contributed by atoms with Gasteiger partial charge in [0.25, 0.3) is 0 Å². The molecule has 8 heteroatoms. The Labute approximate surface area is 163 Å². The Balaban J connectivity index is 1.70. The minimum atomic E-state index is -0.384. The lowest BCUT2D eigenvalue weighted by Crippen LogP contribution is -2.11. The van der Waals surface area contributed by atoms with Gasteiger partial charge in [0.2, 0.25) is 0 Å². The molecule has 4 rings (SSSR count). The molecule has 0 radical (unpaired) electrons. The summed E-state index contributed by atoms with van der Waals surface area (Å²) >= 11 is 0. The first-order valence-electron chi connectivity index (χ1n) is 9.19. The van der Waals surface area contributed by atoms with Gasteiger partial charge in [0.15, 0.2) is 0 Å². The standard InChI is InChI=1S/C20H21N7O/c1-3-28-14(2)27-13-17(10-22-27)19-18-16(9-21)12-26(20(18)24-25-23-19)11-15-7-5-4-6-8-15/h4-8,10,12-14,19H,3,11H2,1-2H3,(H,23,24). The summed E-state index contributed by atoms with van der Waals surface area (Å²) in [6, 6.07) is 12.0. The Morgan fingerprint density at radius 2 is 2.11 bits per heavy atom. The van der Waals surface area contributed by atoms with E-state index >= 15 is 0 Å². The van der Waals surface area contributed by atoms with Gasteiger partial charge >= 0.3 is 0 Å². The van der Waals surface area contributed by atoms with E-state index < -0.39 is 0 Å². The van der Waals surface area contributed by atoms with Crippen molar-refractivity contribution in [2.75, 3.05) is 12.0 Å². The Hall–Kier alpha value is -3.44. The molecule has 3 heterocycles. The molecule has 0 fully saturated rings. The van der Waals surface area contributed by atoms with E-state index in [0.29, 0.717) is 18.7 Å². The minimum absolute atomic E-state index is 0.171. The largest absolute Gasteiger partial charge is 0.357 e. The first-order valence-corrected chi connectivity index (χ1v) is 9.19. The lowest BCUT2D eigenvalue weighted by molar-refractivity contribution is 0.0159. The maximum absolute atomic E-state index is 9.70. The van der Waals surface area contributed by atoms with Crippen LogP contribution in [0.25, 0.3) is 0 Å². The molecule has 28 heavy (non-hydrogen) atoms. The highest BCUT2D eigenvalue weighted by Gasteiger charge is 2.29. The molecule has 1 aliphatic heterocycles. The molecular weight excluding hydrogens is 354 g/mol. The van der Waals surface area contributed by atoms with Crippen LogP contribution in [0.4, 0.5) is 5.82 Å². The zero-order valence-corrected chi connectivity index (χ0v) is 15.8. The molecule has 1 aromatic carbocycles. The molecule has 1 N–H and O–H groups in total. The van der Waals surface area contributed by atoms with Gasteiger partial charge in [-0.3, -0.25) is 0 Å². The van der Waals surface area contributed by atoms with Gasteiger partial charge in [-0.2, -0.15) is 15.5 Å². The number of hydrogen-bond donors (Lipinski definition) is 1. The average Bonchev–Trinajstić information content (AvgIpc) is 3.34. The van der Waals surface area contributed by atoms with Crippen LogP contribution in [0.5, 0.6) is 0 Å². The molecule has 0 bridgehead atoms. The second-order valence-corrected chi connectivity index (χ2v) is 6.57. The Morgan fingerprint density at radius 3 is 2.86 bits per heavy atom. The fourth-order valence-corrected chi connectivity index (χ4v) is 3.40. The van der Waals surface area contributed by atoms with Crippen molar-refractivity contribution in [3.05, 3.63) is 71.2 Å². The number of nitriles is 1. The summed E-state index contributed by atoms with van der Waals surface area (Å²) < 4.78 is 9.35. The van der Waals surface area contributed by atoms with Gasteiger partial charge in [0.05, 0.1) is 11.8 Å². The van der Waals surface area contributed by atoms with Gasteiger partial charge < -0.3 is 9.30 Å². The smallest absolute Gasteiger partial charge is 0.147 e. The molecule has 142 valence electrons. The predicted octanol–water partition coefficient (Wildman–Crippen LogP) is 4.04. The van der Waals surface area contributed by atoms with Crippen LogP contribution >= 0.6 is 0 Å². The fraction of sp³-hybridized carbons (Fsp3) is 0.300. The van der Waals surface area contributed by atoms with Crippen LogP contribution in [0.3, 0.4) is 0 Å². The minimum Gasteiger partial charge on any atom is -0.357 e. The van der Waals surface area contributed by atoms with E-state index in [9.17, 15) is 5.26 Å². The van der Waals surface area contributed by atoms with Gasteiger partial charge in [-0.15, -0.1) is 0 Å². The number of anilines is 1. The SMILES string of the molecule is CCOC(C)n1cc(C2N=NNc3c2c(C#N)cn3Cc2ccccc2)cn1. The topological polar surface area (TPSA) is 92.5 Å². The van der Waals surface area contributed by atoms with E-state index in [-0.39, 0.29) is 12.3 Å².